The van der Waals surface area contributed by atoms with Crippen LogP contribution < -0.4 is 0 Å². The second-order valence-electron chi connectivity index (χ2n) is 8.62. The molecule has 0 aromatic heterocycles. The monoisotopic (exact) mass is 469 g/mol. The van der Waals surface area contributed by atoms with Gasteiger partial charge in [0, 0.05) is 4.57 Å². The minimum atomic E-state index is -2.45. The highest BCUT2D eigenvalue weighted by Crippen LogP contribution is 2.45. The molecule has 4 rings (SSSR count). The van der Waals surface area contributed by atoms with E-state index >= 15 is 0 Å². The largest absolute Gasteiger partial charge is 0.699 e. The van der Waals surface area contributed by atoms with Gasteiger partial charge in [0.05, 0.1) is 0 Å². The highest BCUT2D eigenvalue weighted by molar-refractivity contribution is 7.33. The van der Waals surface area contributed by atoms with Crippen LogP contribution in [0.15, 0.2) is 97.1 Å². The third kappa shape index (κ3) is 5.34. The van der Waals surface area contributed by atoms with E-state index in [4.69, 9.17) is 9.05 Å². The molecule has 0 atom stereocenters. The number of rotatable bonds is 8. The zero-order chi connectivity index (χ0) is 24.1. The Morgan fingerprint density at radius 2 is 0.706 bits per heavy atom. The molecule has 0 N–H and O–H groups in total. The summed E-state index contributed by atoms with van der Waals surface area (Å²) in [5, 5.41) is 0. The fraction of sp³-hybridized carbons (Fsp3) is 0.200. The van der Waals surface area contributed by atoms with Gasteiger partial charge in [-0.25, -0.2) is 0 Å². The standard InChI is InChI=1S/C30H30O3P/c1-21-13-5-9-17-25(21)29(26-18-10-6-14-22(26)2)32-34(31)33-30(27-19-11-7-15-23(27)3)28-20-12-8-16-24(28)4/h5-20,29-30H,1-4H3/q+1. The maximum absolute atomic E-state index is 13.5. The molecule has 0 bridgehead atoms. The summed E-state index contributed by atoms with van der Waals surface area (Å²) in [4.78, 5) is 0. The maximum atomic E-state index is 13.5. The van der Waals surface area contributed by atoms with E-state index < -0.39 is 20.5 Å². The van der Waals surface area contributed by atoms with Gasteiger partial charge in [0.25, 0.3) is 0 Å². The molecule has 34 heavy (non-hydrogen) atoms. The quantitative estimate of drug-likeness (QED) is 0.243. The maximum Gasteiger partial charge on any atom is 0.699 e. The molecule has 0 aliphatic rings. The molecule has 0 saturated heterocycles. The van der Waals surface area contributed by atoms with E-state index in [0.29, 0.717) is 0 Å². The molecule has 4 aromatic rings. The lowest BCUT2D eigenvalue weighted by molar-refractivity contribution is 0.162. The third-order valence-electron chi connectivity index (χ3n) is 6.27. The fourth-order valence-electron chi connectivity index (χ4n) is 4.28. The van der Waals surface area contributed by atoms with Crippen LogP contribution in [-0.4, -0.2) is 0 Å². The van der Waals surface area contributed by atoms with Crippen LogP contribution in [0.2, 0.25) is 0 Å². The zero-order valence-corrected chi connectivity index (χ0v) is 21.0. The molecule has 4 aromatic carbocycles. The van der Waals surface area contributed by atoms with Crippen LogP contribution in [0.5, 0.6) is 0 Å². The number of benzene rings is 4. The number of hydrogen-bond acceptors (Lipinski definition) is 3. The van der Waals surface area contributed by atoms with E-state index in [1.807, 2.05) is 125 Å². The van der Waals surface area contributed by atoms with Gasteiger partial charge in [0.15, 0.2) is 12.2 Å². The van der Waals surface area contributed by atoms with Gasteiger partial charge in [-0.1, -0.05) is 97.1 Å². The van der Waals surface area contributed by atoms with Crippen molar-refractivity contribution in [2.45, 2.75) is 39.9 Å². The predicted molar refractivity (Wildman–Crippen MR) is 138 cm³/mol. The van der Waals surface area contributed by atoms with Gasteiger partial charge in [-0.3, -0.25) is 0 Å². The van der Waals surface area contributed by atoms with Gasteiger partial charge in [0.2, 0.25) is 0 Å². The van der Waals surface area contributed by atoms with Crippen LogP contribution in [0.1, 0.15) is 56.7 Å². The van der Waals surface area contributed by atoms with Crippen LogP contribution in [-0.2, 0) is 13.6 Å². The van der Waals surface area contributed by atoms with Crippen molar-refractivity contribution in [3.63, 3.8) is 0 Å². The molecule has 0 fully saturated rings. The van der Waals surface area contributed by atoms with E-state index in [-0.39, 0.29) is 0 Å². The Labute approximate surface area is 203 Å². The van der Waals surface area contributed by atoms with Crippen LogP contribution in [0.4, 0.5) is 0 Å². The normalized spacial score (nSPS) is 11.2. The summed E-state index contributed by atoms with van der Waals surface area (Å²) in [6, 6.07) is 32.2. The Bertz CT molecular complexity index is 1110. The lowest BCUT2D eigenvalue weighted by Crippen LogP contribution is -2.10. The first kappa shape index (κ1) is 24.0. The molecule has 0 saturated carbocycles. The molecule has 0 spiro atoms. The molecular formula is C30H30O3P+. The Morgan fingerprint density at radius 1 is 0.471 bits per heavy atom. The Morgan fingerprint density at radius 3 is 0.941 bits per heavy atom. The summed E-state index contributed by atoms with van der Waals surface area (Å²) in [7, 11) is -2.45. The second-order valence-corrected chi connectivity index (χ2v) is 9.49. The second kappa shape index (κ2) is 10.9. The van der Waals surface area contributed by atoms with Crippen molar-refractivity contribution in [2.24, 2.45) is 0 Å². The molecule has 3 nitrogen and oxygen atoms in total. The number of hydrogen-bond donors (Lipinski definition) is 0. The van der Waals surface area contributed by atoms with Crippen LogP contribution in [0.25, 0.3) is 0 Å². The van der Waals surface area contributed by atoms with Gasteiger partial charge in [0.1, 0.15) is 0 Å². The minimum Gasteiger partial charge on any atom is -0.106 e. The molecule has 0 aliphatic heterocycles. The third-order valence-corrected chi connectivity index (χ3v) is 7.03. The van der Waals surface area contributed by atoms with Gasteiger partial charge >= 0.3 is 8.25 Å². The first-order valence-corrected chi connectivity index (χ1v) is 12.6. The van der Waals surface area contributed by atoms with Crippen LogP contribution >= 0.6 is 8.25 Å². The van der Waals surface area contributed by atoms with Crippen molar-refractivity contribution < 1.29 is 13.6 Å². The highest BCUT2D eigenvalue weighted by Gasteiger charge is 2.36. The molecule has 0 aliphatic carbocycles. The molecule has 0 radical (unpaired) electrons. The minimum absolute atomic E-state index is 0.500. The van der Waals surface area contributed by atoms with Crippen molar-refractivity contribution in [1.82, 2.24) is 0 Å². The highest BCUT2D eigenvalue weighted by atomic mass is 31.1. The Hall–Kier alpha value is -3.10. The lowest BCUT2D eigenvalue weighted by atomic mass is 9.95. The summed E-state index contributed by atoms with van der Waals surface area (Å²) in [5.74, 6) is 0. The molecule has 0 unspecified atom stereocenters. The van der Waals surface area contributed by atoms with Gasteiger partial charge in [-0.15, -0.1) is 9.05 Å². The lowest BCUT2D eigenvalue weighted by Gasteiger charge is -2.19. The Balaban J connectivity index is 1.70. The SMILES string of the molecule is Cc1ccccc1C(O[P+](=O)OC(c1ccccc1C)c1ccccc1C)c1ccccc1C. The molecule has 0 heterocycles. The predicted octanol–water partition coefficient (Wildman–Crippen LogP) is 8.49. The van der Waals surface area contributed by atoms with Gasteiger partial charge in [-0.2, -0.15) is 0 Å². The Kier molecular flexibility index (Phi) is 7.70. The summed E-state index contributed by atoms with van der Waals surface area (Å²) in [6.07, 6.45) is -0.999. The van der Waals surface area contributed by atoms with Gasteiger partial charge < -0.3 is 0 Å². The first-order valence-electron chi connectivity index (χ1n) is 11.5. The summed E-state index contributed by atoms with van der Waals surface area (Å²) in [6.45, 7) is 8.17. The first-order chi connectivity index (χ1) is 16.5. The molecular weight excluding hydrogens is 439 g/mol. The van der Waals surface area contributed by atoms with Crippen molar-refractivity contribution in [1.29, 1.82) is 0 Å². The van der Waals surface area contributed by atoms with Crippen molar-refractivity contribution in [3.8, 4) is 0 Å². The number of aryl methyl sites for hydroxylation is 4. The topological polar surface area (TPSA) is 35.5 Å². The van der Waals surface area contributed by atoms with E-state index in [9.17, 15) is 4.57 Å². The zero-order valence-electron chi connectivity index (χ0n) is 20.1. The van der Waals surface area contributed by atoms with Crippen LogP contribution in [0, 0.1) is 27.7 Å². The summed E-state index contributed by atoms with van der Waals surface area (Å²) in [5.41, 5.74) is 8.22. The smallest absolute Gasteiger partial charge is 0.106 e. The van der Waals surface area contributed by atoms with E-state index in [1.165, 1.54) is 0 Å². The molecule has 0 amide bonds. The van der Waals surface area contributed by atoms with Crippen molar-refractivity contribution >= 4 is 8.25 Å². The average molecular weight is 470 g/mol. The molecule has 4 heteroatoms. The van der Waals surface area contributed by atoms with E-state index in [2.05, 4.69) is 0 Å². The summed E-state index contributed by atoms with van der Waals surface area (Å²) >= 11 is 0. The van der Waals surface area contributed by atoms with Gasteiger partial charge in [-0.05, 0) is 72.2 Å². The van der Waals surface area contributed by atoms with Crippen molar-refractivity contribution in [2.75, 3.05) is 0 Å². The average Bonchev–Trinajstić information content (AvgIpc) is 2.83. The van der Waals surface area contributed by atoms with Crippen molar-refractivity contribution in [3.05, 3.63) is 142 Å². The van der Waals surface area contributed by atoms with E-state index in [1.54, 1.807) is 0 Å². The van der Waals surface area contributed by atoms with E-state index in [0.717, 1.165) is 44.5 Å². The van der Waals surface area contributed by atoms with Crippen LogP contribution in [0.3, 0.4) is 0 Å². The molecule has 172 valence electrons. The fourth-order valence-corrected chi connectivity index (χ4v) is 5.13. The summed E-state index contributed by atoms with van der Waals surface area (Å²) < 4.78 is 26.0.